The Hall–Kier alpha value is -3.87. The van der Waals surface area contributed by atoms with Crippen LogP contribution in [0.3, 0.4) is 0 Å². The van der Waals surface area contributed by atoms with Crippen molar-refractivity contribution in [3.63, 3.8) is 0 Å². The Morgan fingerprint density at radius 3 is 2.50 bits per heavy atom. The number of aromatic nitrogens is 3. The van der Waals surface area contributed by atoms with Gasteiger partial charge >= 0.3 is 6.03 Å². The van der Waals surface area contributed by atoms with E-state index in [9.17, 15) is 13.2 Å². The number of hydrogen-bond donors (Lipinski definition) is 4. The van der Waals surface area contributed by atoms with Crippen LogP contribution in [-0.2, 0) is 10.0 Å². The highest BCUT2D eigenvalue weighted by atomic mass is 35.5. The van der Waals surface area contributed by atoms with Gasteiger partial charge in [-0.3, -0.25) is 0 Å². The van der Waals surface area contributed by atoms with Gasteiger partial charge in [0, 0.05) is 43.2 Å². The van der Waals surface area contributed by atoms with Crippen molar-refractivity contribution in [3.8, 4) is 0 Å². The number of likely N-dealkylation sites (tertiary alicyclic amines) is 1. The number of anilines is 4. The molecule has 0 saturated carbocycles. The topological polar surface area (TPSA) is 133 Å². The van der Waals surface area contributed by atoms with Crippen LogP contribution in [0, 0.1) is 6.92 Å². The molecule has 2 aromatic heterocycles. The Morgan fingerprint density at radius 2 is 1.76 bits per heavy atom. The van der Waals surface area contributed by atoms with E-state index >= 15 is 0 Å². The number of urea groups is 1. The summed E-state index contributed by atoms with van der Waals surface area (Å²) >= 11 is 0. The highest BCUT2D eigenvalue weighted by Crippen LogP contribution is 2.29. The van der Waals surface area contributed by atoms with E-state index in [4.69, 9.17) is 4.98 Å². The van der Waals surface area contributed by atoms with Gasteiger partial charge in [-0.15, -0.1) is 12.4 Å². The lowest BCUT2D eigenvalue weighted by Crippen LogP contribution is -2.38. The predicted molar refractivity (Wildman–Crippen MR) is 168 cm³/mol. The highest BCUT2D eigenvalue weighted by Gasteiger charge is 2.24. The van der Waals surface area contributed by atoms with Crippen molar-refractivity contribution in [1.82, 2.24) is 24.2 Å². The van der Waals surface area contributed by atoms with Gasteiger partial charge in [0.05, 0.1) is 10.3 Å². The first-order valence-electron chi connectivity index (χ1n) is 14.0. The fraction of sp³-hybridized carbons (Fsp3) is 0.345. The molecule has 2 aromatic carbocycles. The molecule has 4 heterocycles. The number of carbonyl (C=O) groups excluding carboxylic acids is 1. The summed E-state index contributed by atoms with van der Waals surface area (Å²) in [6, 6.07) is 15.8. The Bertz CT molecular complexity index is 1660. The van der Waals surface area contributed by atoms with Crippen LogP contribution in [0.1, 0.15) is 31.2 Å². The van der Waals surface area contributed by atoms with Gasteiger partial charge in [-0.25, -0.2) is 17.2 Å². The average Bonchev–Trinajstić information content (AvgIpc) is 3.66. The molecule has 0 bridgehead atoms. The van der Waals surface area contributed by atoms with E-state index in [-0.39, 0.29) is 41.0 Å². The second kappa shape index (κ2) is 12.6. The van der Waals surface area contributed by atoms with Crippen molar-refractivity contribution in [2.45, 2.75) is 43.5 Å². The molecule has 2 aliphatic heterocycles. The van der Waals surface area contributed by atoms with Crippen LogP contribution in [0.15, 0.2) is 65.7 Å². The van der Waals surface area contributed by atoms with Gasteiger partial charge in [0.2, 0.25) is 5.95 Å². The number of carbonyl (C=O) groups is 1. The van der Waals surface area contributed by atoms with Gasteiger partial charge in [-0.2, -0.15) is 9.97 Å². The summed E-state index contributed by atoms with van der Waals surface area (Å²) in [5.74, 6) is 0.799. The molecule has 2 amide bonds. The van der Waals surface area contributed by atoms with Gasteiger partial charge in [0.25, 0.3) is 10.0 Å². The van der Waals surface area contributed by atoms with Gasteiger partial charge in [0.15, 0.2) is 5.65 Å². The first-order chi connectivity index (χ1) is 19.9. The molecule has 13 heteroatoms. The Kier molecular flexibility index (Phi) is 8.85. The first-order valence-corrected chi connectivity index (χ1v) is 15.4. The fourth-order valence-corrected chi connectivity index (χ4v) is 6.57. The number of fused-ring (bicyclic) bond motifs is 1. The van der Waals surface area contributed by atoms with Gasteiger partial charge in [0.1, 0.15) is 5.82 Å². The van der Waals surface area contributed by atoms with E-state index in [0.717, 1.165) is 57.4 Å². The van der Waals surface area contributed by atoms with Crippen LogP contribution in [0.25, 0.3) is 11.0 Å². The third-order valence-corrected chi connectivity index (χ3v) is 9.17. The normalized spacial score (nSPS) is 17.1. The summed E-state index contributed by atoms with van der Waals surface area (Å²) in [6.07, 6.45) is 5.57. The molecular formula is C29H35ClN8O3S. The quantitative estimate of drug-likeness (QED) is 0.231. The SMILES string of the molecule is Cc1ccc(S(=O)(=O)n2ccc3c(NC4CCCNC4)nc(Nc4cccc(NC(=O)N5CCCC5)c4)nc32)cc1.Cl. The molecule has 4 aromatic rings. The zero-order valence-corrected chi connectivity index (χ0v) is 25.0. The van der Waals surface area contributed by atoms with Gasteiger partial charge < -0.3 is 26.2 Å². The summed E-state index contributed by atoms with van der Waals surface area (Å²) in [5.41, 5.74) is 2.55. The molecule has 1 unspecified atom stereocenters. The number of nitrogens with zero attached hydrogens (tertiary/aromatic N) is 4. The number of piperidine rings is 1. The van der Waals surface area contributed by atoms with E-state index < -0.39 is 10.0 Å². The largest absolute Gasteiger partial charge is 0.365 e. The maximum atomic E-state index is 13.7. The lowest BCUT2D eigenvalue weighted by molar-refractivity contribution is 0.222. The molecule has 2 saturated heterocycles. The van der Waals surface area contributed by atoms with Crippen molar-refractivity contribution >= 4 is 62.6 Å². The van der Waals surface area contributed by atoms with Crippen LogP contribution in [-0.4, -0.2) is 65.5 Å². The van der Waals surface area contributed by atoms with Crippen molar-refractivity contribution < 1.29 is 13.2 Å². The third-order valence-electron chi connectivity index (χ3n) is 7.49. The number of nitrogens with one attached hydrogen (secondary N) is 4. The van der Waals surface area contributed by atoms with E-state index in [1.165, 1.54) is 10.2 Å². The third kappa shape index (κ3) is 6.30. The highest BCUT2D eigenvalue weighted by molar-refractivity contribution is 7.90. The number of aryl methyl sites for hydroxylation is 1. The second-order valence-corrected chi connectivity index (χ2v) is 12.4. The van der Waals surface area contributed by atoms with Crippen molar-refractivity contribution in [3.05, 3.63) is 66.4 Å². The lowest BCUT2D eigenvalue weighted by atomic mass is 10.1. The summed E-state index contributed by atoms with van der Waals surface area (Å²) in [7, 11) is -3.90. The predicted octanol–water partition coefficient (Wildman–Crippen LogP) is 4.93. The smallest absolute Gasteiger partial charge is 0.321 e. The van der Waals surface area contributed by atoms with Gasteiger partial charge in [-0.1, -0.05) is 23.8 Å². The maximum Gasteiger partial charge on any atom is 0.321 e. The van der Waals surface area contributed by atoms with E-state index in [1.807, 2.05) is 31.2 Å². The standard InChI is InChI=1S/C29H34N8O3S.ClH/c1-20-9-11-24(12-10-20)41(39,40)37-17-13-25-26(31-23-8-5-14-30-19-23)34-28(35-27(25)37)32-21-6-4-7-22(18-21)33-29(38)36-15-2-3-16-36;/h4,6-7,9-13,17-18,23,30H,2-3,5,8,14-16,19H2,1H3,(H,33,38)(H2,31,32,34,35);1H. The lowest BCUT2D eigenvalue weighted by Gasteiger charge is -2.24. The molecule has 0 aliphatic carbocycles. The Labute approximate surface area is 251 Å². The van der Waals surface area contributed by atoms with Crippen molar-refractivity contribution in [1.29, 1.82) is 0 Å². The number of hydrogen-bond acceptors (Lipinski definition) is 8. The molecule has 1 atom stereocenters. The first kappa shape index (κ1) is 29.6. The van der Waals surface area contributed by atoms with Crippen LogP contribution in [0.5, 0.6) is 0 Å². The molecule has 42 heavy (non-hydrogen) atoms. The van der Waals surface area contributed by atoms with Crippen molar-refractivity contribution in [2.24, 2.45) is 0 Å². The zero-order chi connectivity index (χ0) is 28.4. The number of halogens is 1. The van der Waals surface area contributed by atoms with Crippen molar-refractivity contribution in [2.75, 3.05) is 42.1 Å². The van der Waals surface area contributed by atoms with E-state index in [1.54, 1.807) is 35.2 Å². The summed E-state index contributed by atoms with van der Waals surface area (Å²) < 4.78 is 28.5. The van der Waals surface area contributed by atoms with Crippen LogP contribution in [0.2, 0.25) is 0 Å². The van der Waals surface area contributed by atoms with E-state index in [2.05, 4.69) is 26.3 Å². The minimum atomic E-state index is -3.90. The summed E-state index contributed by atoms with van der Waals surface area (Å²) in [5, 5.41) is 13.7. The molecule has 222 valence electrons. The molecule has 11 nitrogen and oxygen atoms in total. The summed E-state index contributed by atoms with van der Waals surface area (Å²) in [6.45, 7) is 5.19. The Balaban J connectivity index is 0.00000353. The number of rotatable bonds is 7. The zero-order valence-electron chi connectivity index (χ0n) is 23.3. The van der Waals surface area contributed by atoms with Gasteiger partial charge in [-0.05, 0) is 75.5 Å². The van der Waals surface area contributed by atoms with E-state index in [0.29, 0.717) is 22.6 Å². The van der Waals surface area contributed by atoms with Crippen LogP contribution >= 0.6 is 12.4 Å². The Morgan fingerprint density at radius 1 is 1.00 bits per heavy atom. The fourth-order valence-electron chi connectivity index (χ4n) is 5.27. The summed E-state index contributed by atoms with van der Waals surface area (Å²) in [4.78, 5) is 24.0. The molecule has 4 N–H and O–H groups in total. The molecule has 2 fully saturated rings. The molecule has 0 spiro atoms. The second-order valence-electron chi connectivity index (χ2n) is 10.6. The van der Waals surface area contributed by atoms with Crippen LogP contribution < -0.4 is 21.3 Å². The molecule has 2 aliphatic rings. The van der Waals surface area contributed by atoms with Crippen LogP contribution in [0.4, 0.5) is 27.9 Å². The number of benzene rings is 2. The monoisotopic (exact) mass is 610 g/mol. The molecular weight excluding hydrogens is 576 g/mol. The molecule has 6 rings (SSSR count). The minimum absolute atomic E-state index is 0. The average molecular weight is 611 g/mol. The molecule has 0 radical (unpaired) electrons. The minimum Gasteiger partial charge on any atom is -0.365 e. The number of amides is 2. The maximum absolute atomic E-state index is 13.7.